The third-order valence-corrected chi connectivity index (χ3v) is 9.42. The van der Waals surface area contributed by atoms with Crippen LogP contribution in [0.1, 0.15) is 162 Å². The molecular formula is C59H86O6. The average molecular weight is 891 g/mol. The van der Waals surface area contributed by atoms with Crippen LogP contribution in [0.3, 0.4) is 0 Å². The predicted octanol–water partition coefficient (Wildman–Crippen LogP) is 16.4. The number of allylic oxidation sites excluding steroid dienone is 28. The van der Waals surface area contributed by atoms with Gasteiger partial charge in [-0.1, -0.05) is 223 Å². The Bertz CT molecular complexity index is 1590. The molecule has 0 saturated heterocycles. The Kier molecular flexibility index (Phi) is 47.3. The zero-order chi connectivity index (χ0) is 47.2. The van der Waals surface area contributed by atoms with E-state index in [0.717, 1.165) is 103 Å². The number of esters is 3. The second-order valence-electron chi connectivity index (χ2n) is 15.5. The Morgan fingerprint density at radius 3 is 1.20 bits per heavy atom. The second-order valence-corrected chi connectivity index (χ2v) is 15.5. The second kappa shape index (κ2) is 51.4. The lowest BCUT2D eigenvalue weighted by atomic mass is 10.1. The quantitative estimate of drug-likeness (QED) is 0.0200. The first-order valence-corrected chi connectivity index (χ1v) is 24.8. The van der Waals surface area contributed by atoms with Gasteiger partial charge in [-0.05, 0) is 89.9 Å². The van der Waals surface area contributed by atoms with E-state index in [1.807, 2.05) is 91.1 Å². The predicted molar refractivity (Wildman–Crippen MR) is 278 cm³/mol. The number of hydrogen-bond acceptors (Lipinski definition) is 6. The van der Waals surface area contributed by atoms with Crippen molar-refractivity contribution in [2.24, 2.45) is 0 Å². The smallest absolute Gasteiger partial charge is 0.306 e. The molecule has 0 aliphatic rings. The summed E-state index contributed by atoms with van der Waals surface area (Å²) in [5.41, 5.74) is 0. The van der Waals surface area contributed by atoms with E-state index in [0.29, 0.717) is 19.3 Å². The highest BCUT2D eigenvalue weighted by Gasteiger charge is 2.19. The van der Waals surface area contributed by atoms with Crippen LogP contribution in [0, 0.1) is 0 Å². The minimum atomic E-state index is -0.844. The van der Waals surface area contributed by atoms with E-state index in [1.165, 1.54) is 6.42 Å². The summed E-state index contributed by atoms with van der Waals surface area (Å²) >= 11 is 0. The molecule has 358 valence electrons. The van der Waals surface area contributed by atoms with E-state index < -0.39 is 6.10 Å². The molecule has 0 amide bonds. The van der Waals surface area contributed by atoms with Crippen molar-refractivity contribution in [3.63, 3.8) is 0 Å². The third-order valence-electron chi connectivity index (χ3n) is 9.42. The number of carbonyl (C=O) groups is 3. The summed E-state index contributed by atoms with van der Waals surface area (Å²) in [5, 5.41) is 0. The summed E-state index contributed by atoms with van der Waals surface area (Å²) in [6.07, 6.45) is 76.2. The molecule has 0 spiro atoms. The molecule has 6 heteroatoms. The van der Waals surface area contributed by atoms with Crippen LogP contribution < -0.4 is 0 Å². The van der Waals surface area contributed by atoms with Gasteiger partial charge in [0.1, 0.15) is 13.2 Å². The van der Waals surface area contributed by atoms with Gasteiger partial charge < -0.3 is 14.2 Å². The number of hydrogen-bond donors (Lipinski definition) is 0. The highest BCUT2D eigenvalue weighted by molar-refractivity contribution is 5.71. The van der Waals surface area contributed by atoms with E-state index in [-0.39, 0.29) is 44.0 Å². The summed E-state index contributed by atoms with van der Waals surface area (Å²) in [7, 11) is 0. The summed E-state index contributed by atoms with van der Waals surface area (Å²) < 4.78 is 16.7. The largest absolute Gasteiger partial charge is 0.462 e. The van der Waals surface area contributed by atoms with Gasteiger partial charge in [-0.15, -0.1) is 0 Å². The molecule has 0 N–H and O–H groups in total. The topological polar surface area (TPSA) is 78.9 Å². The van der Waals surface area contributed by atoms with Crippen LogP contribution in [0.25, 0.3) is 0 Å². The number of carbonyl (C=O) groups excluding carboxylic acids is 3. The van der Waals surface area contributed by atoms with Crippen molar-refractivity contribution < 1.29 is 28.6 Å². The zero-order valence-electron chi connectivity index (χ0n) is 40.7. The van der Waals surface area contributed by atoms with Gasteiger partial charge >= 0.3 is 17.9 Å². The van der Waals surface area contributed by atoms with Gasteiger partial charge in [0.2, 0.25) is 0 Å². The van der Waals surface area contributed by atoms with Gasteiger partial charge in [0.15, 0.2) is 6.10 Å². The lowest BCUT2D eigenvalue weighted by molar-refractivity contribution is -0.167. The first-order chi connectivity index (χ1) is 32.0. The molecule has 1 atom stereocenters. The van der Waals surface area contributed by atoms with E-state index >= 15 is 0 Å². The molecule has 65 heavy (non-hydrogen) atoms. The summed E-state index contributed by atoms with van der Waals surface area (Å²) in [6.45, 7) is 6.14. The third kappa shape index (κ3) is 49.6. The lowest BCUT2D eigenvalue weighted by Crippen LogP contribution is -2.30. The zero-order valence-corrected chi connectivity index (χ0v) is 40.7. The van der Waals surface area contributed by atoms with Gasteiger partial charge in [0, 0.05) is 19.3 Å². The molecule has 0 saturated carbocycles. The summed E-state index contributed by atoms with van der Waals surface area (Å²) in [6, 6.07) is 0. The fraction of sp³-hybridized carbons (Fsp3) is 0.475. The Balaban J connectivity index is 4.64. The van der Waals surface area contributed by atoms with E-state index in [1.54, 1.807) is 0 Å². The SMILES string of the molecule is CC/C=C/C=C/C=C/C=C/C=C/CCCC(=O)OCC(COC(=O)CCCCCCC/C=C/C=C/C=C/C=C/C=C/CCC)OC(=O)CCCCC/C=C/C/C=C/C/C=C/C/C=C/CC. The van der Waals surface area contributed by atoms with Gasteiger partial charge in [0.25, 0.3) is 0 Å². The van der Waals surface area contributed by atoms with Crippen molar-refractivity contribution in [3.05, 3.63) is 170 Å². The standard InChI is InChI=1S/C59H86O6/c1-4-7-10-13-16-19-22-25-27-29-30-32-34-37-40-43-46-49-52-58(61)64-55-56(54-63-57(60)51-48-45-42-39-36-33-24-21-18-15-12-9-6-3)65-59(62)53-50-47-44-41-38-35-31-28-26-23-20-17-14-11-8-5-2/h8-13,15-22,24-30,32-33,35-36,38-39,42,56H,4-7,14,23,31,34,37,40-41,43-55H2,1-3H3/b11-8+,12-9+,13-10+,18-15+,19-16+,20-17+,24-21+,25-22+,28-26+,29-27+,32-30+,36-33+,38-35+,42-39+. The molecule has 0 heterocycles. The summed E-state index contributed by atoms with van der Waals surface area (Å²) in [5.74, 6) is -1.09. The Morgan fingerprint density at radius 1 is 0.338 bits per heavy atom. The maximum Gasteiger partial charge on any atom is 0.306 e. The number of rotatable bonds is 41. The minimum absolute atomic E-state index is 0.137. The van der Waals surface area contributed by atoms with Crippen LogP contribution in [0.5, 0.6) is 0 Å². The maximum atomic E-state index is 12.8. The van der Waals surface area contributed by atoms with Crippen LogP contribution in [0.15, 0.2) is 170 Å². The molecule has 0 aromatic rings. The van der Waals surface area contributed by atoms with Gasteiger partial charge in [-0.3, -0.25) is 14.4 Å². The molecule has 0 aromatic carbocycles. The van der Waals surface area contributed by atoms with Crippen molar-refractivity contribution >= 4 is 17.9 Å². The number of unbranched alkanes of at least 4 members (excludes halogenated alkanes) is 10. The van der Waals surface area contributed by atoms with Gasteiger partial charge in [-0.2, -0.15) is 0 Å². The fourth-order valence-electron chi connectivity index (χ4n) is 5.78. The molecule has 0 aromatic heterocycles. The first-order valence-electron chi connectivity index (χ1n) is 24.8. The lowest BCUT2D eigenvalue weighted by Gasteiger charge is -2.18. The molecule has 0 radical (unpaired) electrons. The van der Waals surface area contributed by atoms with E-state index in [2.05, 4.69) is 99.8 Å². The maximum absolute atomic E-state index is 12.8. The molecule has 1 unspecified atom stereocenters. The van der Waals surface area contributed by atoms with Crippen LogP contribution >= 0.6 is 0 Å². The number of ether oxygens (including phenoxy) is 3. The Hall–Kier alpha value is -5.23. The summed E-state index contributed by atoms with van der Waals surface area (Å²) in [4.78, 5) is 37.9. The molecule has 0 fully saturated rings. The van der Waals surface area contributed by atoms with Gasteiger partial charge in [0.05, 0.1) is 0 Å². The highest BCUT2D eigenvalue weighted by atomic mass is 16.6. The molecule has 0 bridgehead atoms. The normalized spacial score (nSPS) is 13.6. The molecule has 6 nitrogen and oxygen atoms in total. The first kappa shape index (κ1) is 59.8. The van der Waals surface area contributed by atoms with Crippen LogP contribution in [0.4, 0.5) is 0 Å². The van der Waals surface area contributed by atoms with Gasteiger partial charge in [-0.25, -0.2) is 0 Å². The molecular weight excluding hydrogens is 805 g/mol. The Morgan fingerprint density at radius 2 is 0.692 bits per heavy atom. The van der Waals surface area contributed by atoms with Crippen molar-refractivity contribution in [1.29, 1.82) is 0 Å². The van der Waals surface area contributed by atoms with Crippen LogP contribution in [-0.4, -0.2) is 37.2 Å². The highest BCUT2D eigenvalue weighted by Crippen LogP contribution is 2.11. The molecule has 0 aliphatic heterocycles. The Labute approximate surface area is 396 Å². The average Bonchev–Trinajstić information content (AvgIpc) is 3.30. The van der Waals surface area contributed by atoms with Crippen molar-refractivity contribution in [3.8, 4) is 0 Å². The fourth-order valence-corrected chi connectivity index (χ4v) is 5.78. The van der Waals surface area contributed by atoms with Crippen LogP contribution in [0.2, 0.25) is 0 Å². The molecule has 0 aliphatic carbocycles. The van der Waals surface area contributed by atoms with E-state index in [9.17, 15) is 14.4 Å². The minimum Gasteiger partial charge on any atom is -0.462 e. The van der Waals surface area contributed by atoms with E-state index in [4.69, 9.17) is 14.2 Å². The van der Waals surface area contributed by atoms with Crippen LogP contribution in [-0.2, 0) is 28.6 Å². The molecule has 0 rings (SSSR count). The monoisotopic (exact) mass is 891 g/mol. The van der Waals surface area contributed by atoms with Crippen molar-refractivity contribution in [2.45, 2.75) is 168 Å². The van der Waals surface area contributed by atoms with Crippen molar-refractivity contribution in [2.75, 3.05) is 13.2 Å². The van der Waals surface area contributed by atoms with Crippen molar-refractivity contribution in [1.82, 2.24) is 0 Å².